The van der Waals surface area contributed by atoms with Gasteiger partial charge in [0.2, 0.25) is 0 Å². The van der Waals surface area contributed by atoms with Gasteiger partial charge in [-0.2, -0.15) is 4.79 Å². The molecule has 0 aliphatic heterocycles. The Morgan fingerprint density at radius 3 is 2.88 bits per heavy atom. The lowest BCUT2D eigenvalue weighted by Crippen LogP contribution is -2.04. The van der Waals surface area contributed by atoms with E-state index in [9.17, 15) is 4.79 Å². The Balaban J connectivity index is 3.16. The molecule has 0 saturated carbocycles. The molecule has 1 aromatic rings. The van der Waals surface area contributed by atoms with Gasteiger partial charge in [-0.3, -0.25) is 4.79 Å². The molecule has 0 spiro atoms. The van der Waals surface area contributed by atoms with Crippen molar-refractivity contribution in [2.75, 3.05) is 0 Å². The number of benzene rings is 1. The zero-order chi connectivity index (χ0) is 12.0. The van der Waals surface area contributed by atoms with E-state index < -0.39 is 11.9 Å². The summed E-state index contributed by atoms with van der Waals surface area (Å²) in [5.41, 5.74) is 9.11. The summed E-state index contributed by atoms with van der Waals surface area (Å²) in [6.45, 7) is 1.53. The molecule has 0 amide bonds. The van der Waals surface area contributed by atoms with Crippen LogP contribution in [0.5, 0.6) is 0 Å². The first-order chi connectivity index (χ1) is 7.65. The average molecular weight is 214 g/mol. The monoisotopic (exact) mass is 214 g/mol. The van der Waals surface area contributed by atoms with Crippen LogP contribution in [0.4, 0.5) is 0 Å². The highest BCUT2D eigenvalue weighted by atomic mass is 16.3. The summed E-state index contributed by atoms with van der Waals surface area (Å²) in [4.78, 5) is 14.1. The largest absolute Gasteiger partial charge is 0.381 e. The summed E-state index contributed by atoms with van der Waals surface area (Å²) in [5, 5.41) is 9.02. The molecular formula is C12H10N2O2. The maximum Gasteiger partial charge on any atom is 0.328 e. The highest BCUT2D eigenvalue weighted by Crippen LogP contribution is 2.07. The van der Waals surface area contributed by atoms with E-state index in [0.717, 1.165) is 6.21 Å². The summed E-state index contributed by atoms with van der Waals surface area (Å²) in [6.07, 6.45) is 0.0535. The predicted octanol–water partition coefficient (Wildman–Crippen LogP) is 0.902. The van der Waals surface area contributed by atoms with Gasteiger partial charge in [-0.25, -0.2) is 0 Å². The third-order valence-electron chi connectivity index (χ3n) is 1.78. The van der Waals surface area contributed by atoms with Gasteiger partial charge < -0.3 is 10.6 Å². The van der Waals surface area contributed by atoms with Crippen molar-refractivity contribution in [2.24, 2.45) is 0 Å². The van der Waals surface area contributed by atoms with Crippen LogP contribution in [-0.2, 0) is 0 Å². The third-order valence-corrected chi connectivity index (χ3v) is 1.78. The van der Waals surface area contributed by atoms with Gasteiger partial charge in [0.25, 0.3) is 5.78 Å². The Bertz CT molecular complexity index is 503. The standard InChI is InChI=1S/C12H10N2O2/c1-9(15)6-7-10-4-2-3-5-11(10)12(16)8-14-13/h2-5,8-9,15H,1H3. The summed E-state index contributed by atoms with van der Waals surface area (Å²) in [6, 6.07) is 6.66. The number of rotatable bonds is 2. The molecular weight excluding hydrogens is 204 g/mol. The third kappa shape index (κ3) is 3.18. The number of aliphatic hydroxyl groups excluding tert-OH is 1. The quantitative estimate of drug-likeness (QED) is 0.261. The minimum atomic E-state index is -0.755. The minimum absolute atomic E-state index is 0.341. The first-order valence-corrected chi connectivity index (χ1v) is 4.65. The van der Waals surface area contributed by atoms with Crippen molar-refractivity contribution < 1.29 is 14.7 Å². The number of Topliss-reactive ketones (excluding diaryl/α,β-unsaturated/α-hetero) is 1. The highest BCUT2D eigenvalue weighted by Gasteiger charge is 2.10. The van der Waals surface area contributed by atoms with Crippen LogP contribution in [0.15, 0.2) is 24.3 Å². The van der Waals surface area contributed by atoms with Crippen LogP contribution in [0.3, 0.4) is 0 Å². The van der Waals surface area contributed by atoms with Crippen LogP contribution in [-0.4, -0.2) is 28.0 Å². The molecule has 80 valence electrons. The Morgan fingerprint density at radius 1 is 1.56 bits per heavy atom. The smallest absolute Gasteiger partial charge is 0.328 e. The molecule has 0 saturated heterocycles. The number of hydrogen-bond acceptors (Lipinski definition) is 2. The normalized spacial score (nSPS) is 10.6. The van der Waals surface area contributed by atoms with Gasteiger partial charge in [0.1, 0.15) is 6.10 Å². The number of aliphatic hydroxyl groups is 1. The topological polar surface area (TPSA) is 73.7 Å². The lowest BCUT2D eigenvalue weighted by molar-refractivity contribution is 0.00234. The van der Waals surface area contributed by atoms with Crippen LogP contribution < -0.4 is 0 Å². The highest BCUT2D eigenvalue weighted by molar-refractivity contribution is 6.34. The molecule has 1 atom stereocenters. The van der Waals surface area contributed by atoms with E-state index in [1.165, 1.54) is 6.92 Å². The molecule has 0 heterocycles. The molecule has 0 aliphatic rings. The first kappa shape index (κ1) is 11.9. The van der Waals surface area contributed by atoms with Gasteiger partial charge >= 0.3 is 6.21 Å². The summed E-state index contributed by atoms with van der Waals surface area (Å²) in [5.74, 6) is 4.80. The van der Waals surface area contributed by atoms with E-state index in [0.29, 0.717) is 11.1 Å². The number of nitrogens with zero attached hydrogens (tertiary/aromatic N) is 2. The molecule has 4 heteroatoms. The number of ketones is 1. The minimum Gasteiger partial charge on any atom is -0.381 e. The number of carbonyl (C=O) groups excluding carboxylic acids is 1. The van der Waals surface area contributed by atoms with Crippen molar-refractivity contribution in [1.29, 1.82) is 0 Å². The maximum atomic E-state index is 11.5. The fraction of sp³-hybridized carbons (Fsp3) is 0.167. The summed E-state index contributed by atoms with van der Waals surface area (Å²) in [7, 11) is 0. The molecule has 4 nitrogen and oxygen atoms in total. The van der Waals surface area contributed by atoms with E-state index in [1.807, 2.05) is 0 Å². The molecule has 0 radical (unpaired) electrons. The zero-order valence-corrected chi connectivity index (χ0v) is 8.71. The van der Waals surface area contributed by atoms with Crippen LogP contribution in [0.2, 0.25) is 0 Å². The Hall–Kier alpha value is -2.21. The first-order valence-electron chi connectivity index (χ1n) is 4.65. The number of carbonyl (C=O) groups is 1. The SMILES string of the molecule is CC(O)C#Cc1ccccc1C(=O)C=[N+]=[N-]. The second-order valence-electron chi connectivity index (χ2n) is 3.10. The molecule has 1 aromatic carbocycles. The van der Waals surface area contributed by atoms with Gasteiger partial charge in [-0.05, 0) is 19.1 Å². The fourth-order valence-electron chi connectivity index (χ4n) is 1.11. The van der Waals surface area contributed by atoms with Crippen LogP contribution in [0.25, 0.3) is 5.53 Å². The molecule has 1 rings (SSSR count). The molecule has 1 unspecified atom stereocenters. The van der Waals surface area contributed by atoms with Crippen molar-refractivity contribution in [3.05, 3.63) is 40.9 Å². The Morgan fingerprint density at radius 2 is 2.25 bits per heavy atom. The molecule has 16 heavy (non-hydrogen) atoms. The van der Waals surface area contributed by atoms with Crippen molar-refractivity contribution in [3.63, 3.8) is 0 Å². The van der Waals surface area contributed by atoms with E-state index in [2.05, 4.69) is 16.6 Å². The predicted molar refractivity (Wildman–Crippen MR) is 59.0 cm³/mol. The van der Waals surface area contributed by atoms with E-state index in [1.54, 1.807) is 24.3 Å². The van der Waals surface area contributed by atoms with E-state index in [-0.39, 0.29) is 0 Å². The lowest BCUT2D eigenvalue weighted by Gasteiger charge is -1.97. The zero-order valence-electron chi connectivity index (χ0n) is 8.71. The van der Waals surface area contributed by atoms with Crippen LogP contribution in [0, 0.1) is 11.8 Å². The van der Waals surface area contributed by atoms with Crippen molar-refractivity contribution in [3.8, 4) is 11.8 Å². The Kier molecular flexibility index (Phi) is 4.16. The fourth-order valence-corrected chi connectivity index (χ4v) is 1.11. The van der Waals surface area contributed by atoms with Crippen molar-refractivity contribution in [2.45, 2.75) is 13.0 Å². The van der Waals surface area contributed by atoms with Crippen molar-refractivity contribution >= 4 is 12.0 Å². The van der Waals surface area contributed by atoms with E-state index in [4.69, 9.17) is 10.6 Å². The Labute approximate surface area is 93.2 Å². The molecule has 0 bridgehead atoms. The number of hydrogen-bond donors (Lipinski definition) is 1. The molecule has 0 aromatic heterocycles. The van der Waals surface area contributed by atoms with Crippen LogP contribution >= 0.6 is 0 Å². The van der Waals surface area contributed by atoms with Gasteiger partial charge in [-0.1, -0.05) is 24.0 Å². The van der Waals surface area contributed by atoms with Crippen LogP contribution in [0.1, 0.15) is 22.8 Å². The second-order valence-corrected chi connectivity index (χ2v) is 3.10. The lowest BCUT2D eigenvalue weighted by atomic mass is 10.0. The van der Waals surface area contributed by atoms with Gasteiger partial charge in [0, 0.05) is 11.1 Å². The molecule has 1 N–H and O–H groups in total. The van der Waals surface area contributed by atoms with Gasteiger partial charge in [-0.15, -0.1) is 0 Å². The average Bonchev–Trinajstić information content (AvgIpc) is 2.27. The van der Waals surface area contributed by atoms with Gasteiger partial charge in [0.05, 0.1) is 0 Å². The summed E-state index contributed by atoms with van der Waals surface area (Å²) < 4.78 is 0. The summed E-state index contributed by atoms with van der Waals surface area (Å²) >= 11 is 0. The van der Waals surface area contributed by atoms with Gasteiger partial charge in [0.15, 0.2) is 0 Å². The van der Waals surface area contributed by atoms with Crippen molar-refractivity contribution in [1.82, 2.24) is 0 Å². The molecule has 0 fully saturated rings. The second kappa shape index (κ2) is 5.62. The molecule has 0 aliphatic carbocycles. The maximum absolute atomic E-state index is 11.5. The van der Waals surface area contributed by atoms with E-state index >= 15 is 0 Å².